The van der Waals surface area contributed by atoms with Crippen molar-refractivity contribution in [3.63, 3.8) is 0 Å². The Bertz CT molecular complexity index is 1050. The number of hydrogen-bond donors (Lipinski definition) is 2. The molecule has 26 heavy (non-hydrogen) atoms. The largest absolute Gasteiger partial charge is 0.484 e. The lowest BCUT2D eigenvalue weighted by Crippen LogP contribution is -2.20. The summed E-state index contributed by atoms with van der Waals surface area (Å²) in [6, 6.07) is 14.8. The van der Waals surface area contributed by atoms with Gasteiger partial charge in [-0.3, -0.25) is 4.79 Å². The number of carbonyl (C=O) groups is 1. The number of aromatic amines is 1. The van der Waals surface area contributed by atoms with Gasteiger partial charge in [-0.2, -0.15) is 4.80 Å². The molecule has 4 rings (SSSR count). The second kappa shape index (κ2) is 6.67. The maximum atomic E-state index is 12.1. The number of ether oxygens (including phenoxy) is 1. The van der Waals surface area contributed by atoms with Crippen molar-refractivity contribution in [1.82, 2.24) is 25.2 Å². The summed E-state index contributed by atoms with van der Waals surface area (Å²) in [5.74, 6) is 0.908. The molecule has 0 unspecified atom stereocenters. The third-order valence-electron chi connectivity index (χ3n) is 3.83. The van der Waals surface area contributed by atoms with Crippen LogP contribution in [0.5, 0.6) is 5.75 Å². The Hall–Kier alpha value is -3.68. The van der Waals surface area contributed by atoms with Gasteiger partial charge in [0.2, 0.25) is 5.82 Å². The van der Waals surface area contributed by atoms with Crippen LogP contribution in [0.15, 0.2) is 54.7 Å². The molecule has 0 aliphatic heterocycles. The van der Waals surface area contributed by atoms with Crippen LogP contribution < -0.4 is 10.1 Å². The number of H-pyrrole nitrogens is 1. The zero-order chi connectivity index (χ0) is 17.9. The molecule has 0 saturated heterocycles. The summed E-state index contributed by atoms with van der Waals surface area (Å²) in [6.45, 7) is -0.0755. The van der Waals surface area contributed by atoms with Crippen LogP contribution in [-0.4, -0.2) is 37.7 Å². The van der Waals surface area contributed by atoms with Crippen molar-refractivity contribution in [1.29, 1.82) is 0 Å². The predicted octanol–water partition coefficient (Wildman–Crippen LogP) is 2.38. The molecule has 0 aliphatic rings. The smallest absolute Gasteiger partial charge is 0.262 e. The molecule has 0 fully saturated rings. The fourth-order valence-electron chi connectivity index (χ4n) is 2.58. The van der Waals surface area contributed by atoms with E-state index in [1.165, 1.54) is 4.80 Å². The SMILES string of the molecule is Cn1nnc(-c2ccc(OCC(=O)Nc3ccc4[nH]ccc4c3)cc2)n1. The Morgan fingerprint density at radius 2 is 2.04 bits per heavy atom. The summed E-state index contributed by atoms with van der Waals surface area (Å²) in [4.78, 5) is 16.6. The van der Waals surface area contributed by atoms with E-state index in [0.29, 0.717) is 11.6 Å². The minimum atomic E-state index is -0.223. The van der Waals surface area contributed by atoms with Crippen molar-refractivity contribution in [2.24, 2.45) is 7.05 Å². The van der Waals surface area contributed by atoms with Crippen LogP contribution in [0.4, 0.5) is 5.69 Å². The Morgan fingerprint density at radius 1 is 1.19 bits per heavy atom. The van der Waals surface area contributed by atoms with Gasteiger partial charge in [0.15, 0.2) is 6.61 Å². The third-order valence-corrected chi connectivity index (χ3v) is 3.83. The minimum absolute atomic E-state index is 0.0755. The van der Waals surface area contributed by atoms with Crippen LogP contribution in [0.2, 0.25) is 0 Å². The van der Waals surface area contributed by atoms with E-state index in [1.54, 1.807) is 19.2 Å². The van der Waals surface area contributed by atoms with E-state index < -0.39 is 0 Å². The van der Waals surface area contributed by atoms with Gasteiger partial charge in [0, 0.05) is 28.4 Å². The molecular weight excluding hydrogens is 332 g/mol. The van der Waals surface area contributed by atoms with Crippen LogP contribution in [-0.2, 0) is 11.8 Å². The average Bonchev–Trinajstić information content (AvgIpc) is 3.29. The van der Waals surface area contributed by atoms with Crippen molar-refractivity contribution in [3.05, 3.63) is 54.7 Å². The van der Waals surface area contributed by atoms with Gasteiger partial charge in [0.25, 0.3) is 5.91 Å². The molecule has 0 radical (unpaired) electrons. The maximum Gasteiger partial charge on any atom is 0.262 e. The number of carbonyl (C=O) groups excluding carboxylic acids is 1. The molecule has 2 N–H and O–H groups in total. The number of rotatable bonds is 5. The van der Waals surface area contributed by atoms with Crippen LogP contribution in [0.3, 0.4) is 0 Å². The molecule has 8 heteroatoms. The molecule has 0 aliphatic carbocycles. The highest BCUT2D eigenvalue weighted by molar-refractivity contribution is 5.94. The quantitative estimate of drug-likeness (QED) is 0.577. The topological polar surface area (TPSA) is 97.7 Å². The van der Waals surface area contributed by atoms with Gasteiger partial charge in [-0.25, -0.2) is 0 Å². The zero-order valence-electron chi connectivity index (χ0n) is 14.0. The highest BCUT2D eigenvalue weighted by Crippen LogP contribution is 2.19. The standard InChI is InChI=1S/C18H16N6O2/c1-24-22-18(21-23-24)12-2-5-15(6-3-12)26-11-17(25)20-14-4-7-16-13(10-14)8-9-19-16/h2-10,19H,11H2,1H3,(H,20,25). The van der Waals surface area contributed by atoms with Gasteiger partial charge in [-0.15, -0.1) is 10.2 Å². The number of amides is 1. The molecule has 130 valence electrons. The number of hydrogen-bond acceptors (Lipinski definition) is 5. The number of aromatic nitrogens is 5. The first-order valence-corrected chi connectivity index (χ1v) is 8.01. The van der Waals surface area contributed by atoms with Crippen molar-refractivity contribution < 1.29 is 9.53 Å². The second-order valence-corrected chi connectivity index (χ2v) is 5.74. The molecular formula is C18H16N6O2. The van der Waals surface area contributed by atoms with E-state index in [1.807, 2.05) is 42.6 Å². The normalized spacial score (nSPS) is 10.8. The van der Waals surface area contributed by atoms with Crippen LogP contribution in [0.25, 0.3) is 22.3 Å². The lowest BCUT2D eigenvalue weighted by Gasteiger charge is -2.08. The highest BCUT2D eigenvalue weighted by atomic mass is 16.5. The Kier molecular flexibility index (Phi) is 4.06. The van der Waals surface area contributed by atoms with Crippen LogP contribution in [0.1, 0.15) is 0 Å². The molecule has 1 amide bonds. The predicted molar refractivity (Wildman–Crippen MR) is 96.7 cm³/mol. The average molecular weight is 348 g/mol. The molecule has 8 nitrogen and oxygen atoms in total. The van der Waals surface area contributed by atoms with Gasteiger partial charge < -0.3 is 15.0 Å². The first-order valence-electron chi connectivity index (χ1n) is 8.01. The van der Waals surface area contributed by atoms with E-state index in [2.05, 4.69) is 25.7 Å². The molecule has 0 atom stereocenters. The van der Waals surface area contributed by atoms with E-state index in [0.717, 1.165) is 22.2 Å². The summed E-state index contributed by atoms with van der Waals surface area (Å²) in [5, 5.41) is 15.7. The second-order valence-electron chi connectivity index (χ2n) is 5.74. The number of anilines is 1. The Labute approximate surface area is 148 Å². The monoisotopic (exact) mass is 348 g/mol. The van der Waals surface area contributed by atoms with Crippen molar-refractivity contribution in [2.45, 2.75) is 0 Å². The van der Waals surface area contributed by atoms with Crippen LogP contribution in [0, 0.1) is 0 Å². The lowest BCUT2D eigenvalue weighted by molar-refractivity contribution is -0.118. The lowest BCUT2D eigenvalue weighted by atomic mass is 10.2. The number of benzene rings is 2. The fraction of sp³-hybridized carbons (Fsp3) is 0.111. The Balaban J connectivity index is 1.35. The van der Waals surface area contributed by atoms with E-state index >= 15 is 0 Å². The number of aryl methyl sites for hydroxylation is 1. The van der Waals surface area contributed by atoms with Gasteiger partial charge in [-0.05, 0) is 53.7 Å². The van der Waals surface area contributed by atoms with Gasteiger partial charge in [0.1, 0.15) is 5.75 Å². The van der Waals surface area contributed by atoms with Crippen molar-refractivity contribution >= 4 is 22.5 Å². The molecule has 0 saturated carbocycles. The summed E-state index contributed by atoms with van der Waals surface area (Å²) < 4.78 is 5.53. The van der Waals surface area contributed by atoms with Crippen molar-refractivity contribution in [3.8, 4) is 17.1 Å². The maximum absolute atomic E-state index is 12.1. The first-order chi connectivity index (χ1) is 12.7. The van der Waals surface area contributed by atoms with E-state index in [9.17, 15) is 4.79 Å². The molecule has 2 aromatic heterocycles. The van der Waals surface area contributed by atoms with E-state index in [4.69, 9.17) is 4.74 Å². The molecule has 0 spiro atoms. The summed E-state index contributed by atoms with van der Waals surface area (Å²) >= 11 is 0. The van der Waals surface area contributed by atoms with Gasteiger partial charge >= 0.3 is 0 Å². The minimum Gasteiger partial charge on any atom is -0.484 e. The van der Waals surface area contributed by atoms with Crippen LogP contribution >= 0.6 is 0 Å². The summed E-state index contributed by atoms with van der Waals surface area (Å²) in [5.41, 5.74) is 2.58. The van der Waals surface area contributed by atoms with E-state index in [-0.39, 0.29) is 12.5 Å². The Morgan fingerprint density at radius 3 is 2.81 bits per heavy atom. The highest BCUT2D eigenvalue weighted by Gasteiger charge is 2.07. The van der Waals surface area contributed by atoms with Gasteiger partial charge in [0.05, 0.1) is 7.05 Å². The number of tetrazole rings is 1. The number of nitrogens with zero attached hydrogens (tertiary/aromatic N) is 4. The molecule has 0 bridgehead atoms. The van der Waals surface area contributed by atoms with Crippen molar-refractivity contribution in [2.75, 3.05) is 11.9 Å². The molecule has 2 aromatic carbocycles. The zero-order valence-corrected chi connectivity index (χ0v) is 14.0. The number of fused-ring (bicyclic) bond motifs is 1. The summed E-state index contributed by atoms with van der Waals surface area (Å²) in [7, 11) is 1.71. The first kappa shape index (κ1) is 15.8. The number of nitrogens with one attached hydrogen (secondary N) is 2. The molecule has 2 heterocycles. The summed E-state index contributed by atoms with van der Waals surface area (Å²) in [6.07, 6.45) is 1.86. The third kappa shape index (κ3) is 3.39. The fourth-order valence-corrected chi connectivity index (χ4v) is 2.58. The molecule has 4 aromatic rings. The van der Waals surface area contributed by atoms with Gasteiger partial charge in [-0.1, -0.05) is 0 Å².